The zero-order valence-electron chi connectivity index (χ0n) is 21.4. The zero-order valence-corrected chi connectivity index (χ0v) is 22.4. The van der Waals surface area contributed by atoms with E-state index < -0.39 is 15.4 Å². The topological polar surface area (TPSA) is 27.7 Å². The normalized spacial score (nSPS) is 18.6. The van der Waals surface area contributed by atoms with Crippen LogP contribution >= 0.6 is 0 Å². The summed E-state index contributed by atoms with van der Waals surface area (Å²) < 4.78 is 20.0. The standard InChI is InChI=1S/C26H41BO3Si/c1-17(2)31(18(3)4,19(5)6)28-21-15-23-20(7)13-12-14-22(23)24(16-21)27-29-25(8,9)26(10,11)30-27/h12-19H,1-11H3. The Morgan fingerprint density at radius 1 is 0.806 bits per heavy atom. The van der Waals surface area contributed by atoms with Crippen molar-refractivity contribution in [2.24, 2.45) is 0 Å². The van der Waals surface area contributed by atoms with Crippen LogP contribution in [-0.2, 0) is 9.31 Å². The summed E-state index contributed by atoms with van der Waals surface area (Å²) in [6, 6.07) is 10.9. The first-order chi connectivity index (χ1) is 14.2. The second kappa shape index (κ2) is 8.24. The van der Waals surface area contributed by atoms with Crippen molar-refractivity contribution in [3.05, 3.63) is 35.9 Å². The van der Waals surface area contributed by atoms with Crippen LogP contribution in [0, 0.1) is 6.92 Å². The van der Waals surface area contributed by atoms with E-state index in [1.165, 1.54) is 16.3 Å². The minimum Gasteiger partial charge on any atom is -0.543 e. The molecule has 5 heteroatoms. The molecule has 1 heterocycles. The van der Waals surface area contributed by atoms with Gasteiger partial charge < -0.3 is 13.7 Å². The molecule has 1 saturated heterocycles. The highest BCUT2D eigenvalue weighted by molar-refractivity contribution is 6.78. The van der Waals surface area contributed by atoms with E-state index in [9.17, 15) is 0 Å². The fourth-order valence-electron chi connectivity index (χ4n) is 5.32. The van der Waals surface area contributed by atoms with E-state index in [1.54, 1.807) is 0 Å². The number of hydrogen-bond donors (Lipinski definition) is 0. The maximum Gasteiger partial charge on any atom is 0.495 e. The largest absolute Gasteiger partial charge is 0.543 e. The summed E-state index contributed by atoms with van der Waals surface area (Å²) in [5.41, 5.74) is 3.09. The Balaban J connectivity index is 2.18. The predicted octanol–water partition coefficient (Wildman–Crippen LogP) is 7.00. The summed E-state index contributed by atoms with van der Waals surface area (Å²) in [5, 5.41) is 2.39. The van der Waals surface area contributed by atoms with Crippen molar-refractivity contribution in [1.29, 1.82) is 0 Å². The third-order valence-corrected chi connectivity index (χ3v) is 13.7. The average Bonchev–Trinajstić information content (AvgIpc) is 2.86. The van der Waals surface area contributed by atoms with E-state index in [2.05, 4.69) is 106 Å². The van der Waals surface area contributed by atoms with Crippen molar-refractivity contribution < 1.29 is 13.7 Å². The maximum absolute atomic E-state index is 7.08. The first-order valence-electron chi connectivity index (χ1n) is 11.8. The van der Waals surface area contributed by atoms with Gasteiger partial charge in [0.25, 0.3) is 8.32 Å². The van der Waals surface area contributed by atoms with Gasteiger partial charge in [-0.3, -0.25) is 0 Å². The van der Waals surface area contributed by atoms with Gasteiger partial charge in [-0.15, -0.1) is 0 Å². The van der Waals surface area contributed by atoms with Crippen LogP contribution in [0.1, 0.15) is 74.8 Å². The van der Waals surface area contributed by atoms with Gasteiger partial charge in [0.1, 0.15) is 5.75 Å². The van der Waals surface area contributed by atoms with Gasteiger partial charge in [0.2, 0.25) is 0 Å². The Morgan fingerprint density at radius 3 is 1.81 bits per heavy atom. The van der Waals surface area contributed by atoms with Crippen molar-refractivity contribution in [3.8, 4) is 5.75 Å². The second-order valence-electron chi connectivity index (χ2n) is 11.2. The highest BCUT2D eigenvalue weighted by atomic mass is 28.4. The van der Waals surface area contributed by atoms with Crippen LogP contribution in [0.2, 0.25) is 16.6 Å². The zero-order chi connectivity index (χ0) is 23.4. The van der Waals surface area contributed by atoms with Gasteiger partial charge in [-0.25, -0.2) is 0 Å². The quantitative estimate of drug-likeness (QED) is 0.453. The molecule has 0 aromatic heterocycles. The monoisotopic (exact) mass is 440 g/mol. The van der Waals surface area contributed by atoms with Crippen LogP contribution in [0.15, 0.2) is 30.3 Å². The lowest BCUT2D eigenvalue weighted by Crippen LogP contribution is -2.51. The van der Waals surface area contributed by atoms with E-state index in [1.807, 2.05) is 0 Å². The molecule has 2 aromatic rings. The number of aryl methyl sites for hydroxylation is 1. The summed E-state index contributed by atoms with van der Waals surface area (Å²) in [5.74, 6) is 0.953. The minimum absolute atomic E-state index is 0.378. The van der Waals surface area contributed by atoms with Crippen molar-refractivity contribution in [2.75, 3.05) is 0 Å². The summed E-state index contributed by atoms with van der Waals surface area (Å²) in [6.45, 7) is 24.6. The van der Waals surface area contributed by atoms with Gasteiger partial charge in [-0.05, 0) is 85.2 Å². The molecular weight excluding hydrogens is 399 g/mol. The van der Waals surface area contributed by atoms with Gasteiger partial charge in [0.05, 0.1) is 11.2 Å². The van der Waals surface area contributed by atoms with Crippen molar-refractivity contribution >= 4 is 31.7 Å². The molecule has 31 heavy (non-hydrogen) atoms. The third-order valence-electron chi connectivity index (χ3n) is 7.73. The molecule has 3 nitrogen and oxygen atoms in total. The Hall–Kier alpha value is -1.30. The van der Waals surface area contributed by atoms with Crippen LogP contribution in [0.4, 0.5) is 0 Å². The van der Waals surface area contributed by atoms with Crippen molar-refractivity contribution in [3.63, 3.8) is 0 Å². The van der Waals surface area contributed by atoms with E-state index in [0.29, 0.717) is 16.6 Å². The predicted molar refractivity (Wildman–Crippen MR) is 136 cm³/mol. The Morgan fingerprint density at radius 2 is 1.32 bits per heavy atom. The van der Waals surface area contributed by atoms with Gasteiger partial charge in [-0.2, -0.15) is 0 Å². The fourth-order valence-corrected chi connectivity index (χ4v) is 10.6. The molecule has 0 atom stereocenters. The van der Waals surface area contributed by atoms with E-state index >= 15 is 0 Å². The molecule has 1 fully saturated rings. The molecule has 1 aliphatic heterocycles. The molecule has 0 radical (unpaired) electrons. The Bertz CT molecular complexity index is 911. The lowest BCUT2D eigenvalue weighted by atomic mass is 9.75. The summed E-state index contributed by atoms with van der Waals surface area (Å²) in [6.07, 6.45) is 0. The first-order valence-corrected chi connectivity index (χ1v) is 13.9. The molecule has 170 valence electrons. The Kier molecular flexibility index (Phi) is 6.47. The molecule has 1 aliphatic rings. The van der Waals surface area contributed by atoms with Gasteiger partial charge in [-0.1, -0.05) is 59.7 Å². The maximum atomic E-state index is 7.08. The molecule has 2 aromatic carbocycles. The van der Waals surface area contributed by atoms with Crippen LogP contribution in [0.3, 0.4) is 0 Å². The minimum atomic E-state index is -2.07. The summed E-state index contributed by atoms with van der Waals surface area (Å²) in [4.78, 5) is 0. The molecule has 0 amide bonds. The molecule has 0 N–H and O–H groups in total. The number of benzene rings is 2. The summed E-state index contributed by atoms with van der Waals surface area (Å²) >= 11 is 0. The van der Waals surface area contributed by atoms with E-state index in [4.69, 9.17) is 13.7 Å². The third kappa shape index (κ3) is 4.09. The number of fused-ring (bicyclic) bond motifs is 1. The van der Waals surface area contributed by atoms with Crippen LogP contribution in [0.25, 0.3) is 10.8 Å². The lowest BCUT2D eigenvalue weighted by Gasteiger charge is -2.42. The van der Waals surface area contributed by atoms with Crippen molar-refractivity contribution in [2.45, 2.75) is 104 Å². The van der Waals surface area contributed by atoms with Crippen LogP contribution < -0.4 is 9.89 Å². The molecule has 0 unspecified atom stereocenters. The molecule has 0 aliphatic carbocycles. The van der Waals surface area contributed by atoms with Gasteiger partial charge in [0.15, 0.2) is 0 Å². The van der Waals surface area contributed by atoms with E-state index in [-0.39, 0.29) is 11.2 Å². The van der Waals surface area contributed by atoms with Crippen LogP contribution in [0.5, 0.6) is 5.75 Å². The van der Waals surface area contributed by atoms with Gasteiger partial charge in [0, 0.05) is 0 Å². The highest BCUT2D eigenvalue weighted by Crippen LogP contribution is 2.43. The molecular formula is C26H41BO3Si. The fraction of sp³-hybridized carbons (Fsp3) is 0.615. The summed E-state index contributed by atoms with van der Waals surface area (Å²) in [7, 11) is -2.48. The molecule has 3 rings (SSSR count). The lowest BCUT2D eigenvalue weighted by molar-refractivity contribution is 0.00578. The first kappa shape index (κ1) is 24.3. The number of hydrogen-bond acceptors (Lipinski definition) is 3. The Labute approximate surface area is 191 Å². The van der Waals surface area contributed by atoms with Gasteiger partial charge >= 0.3 is 7.12 Å². The van der Waals surface area contributed by atoms with Crippen LogP contribution in [-0.4, -0.2) is 26.6 Å². The SMILES string of the molecule is Cc1cccc2c(B3OC(C)(C)C(C)(C)O3)cc(O[Si](C(C)C)(C(C)C)C(C)C)cc12. The number of rotatable bonds is 6. The second-order valence-corrected chi connectivity index (χ2v) is 16.6. The smallest absolute Gasteiger partial charge is 0.495 e. The molecule has 0 spiro atoms. The molecule has 0 bridgehead atoms. The van der Waals surface area contributed by atoms with Crippen molar-refractivity contribution in [1.82, 2.24) is 0 Å². The molecule has 0 saturated carbocycles. The highest BCUT2D eigenvalue weighted by Gasteiger charge is 2.52. The van der Waals surface area contributed by atoms with E-state index in [0.717, 1.165) is 11.2 Å². The average molecular weight is 441 g/mol.